The van der Waals surface area contributed by atoms with E-state index >= 15 is 0 Å². The largest absolute Gasteiger partial charge is 0.497 e. The number of aromatic nitrogens is 2. The van der Waals surface area contributed by atoms with Crippen LogP contribution in [0, 0.1) is 0 Å². The van der Waals surface area contributed by atoms with E-state index in [4.69, 9.17) is 18.9 Å². The second-order valence-electron chi connectivity index (χ2n) is 7.48. The monoisotopic (exact) mass is 451 g/mol. The number of rotatable bonds is 10. The summed E-state index contributed by atoms with van der Waals surface area (Å²) in [7, 11) is 6.62. The number of methoxy groups -OCH3 is 3. The number of ether oxygens (including phenoxy) is 4. The van der Waals surface area contributed by atoms with Crippen molar-refractivity contribution in [3.63, 3.8) is 0 Å². The van der Waals surface area contributed by atoms with Crippen molar-refractivity contribution < 1.29 is 23.7 Å². The third-order valence-electron chi connectivity index (χ3n) is 4.73. The van der Waals surface area contributed by atoms with Gasteiger partial charge in [-0.15, -0.1) is 0 Å². The van der Waals surface area contributed by atoms with Crippen LogP contribution in [0.15, 0.2) is 48.7 Å². The number of anilines is 1. The molecule has 0 spiro atoms. The molecule has 8 heteroatoms. The van der Waals surface area contributed by atoms with Crippen LogP contribution in [-0.2, 0) is 11.8 Å². The van der Waals surface area contributed by atoms with E-state index in [0.717, 1.165) is 11.1 Å². The fourth-order valence-corrected chi connectivity index (χ4v) is 3.21. The number of carbonyl (C=O) groups excluding carboxylic acids is 1. The van der Waals surface area contributed by atoms with Gasteiger partial charge in [-0.05, 0) is 48.4 Å². The quantitative estimate of drug-likeness (QED) is 0.464. The Labute approximate surface area is 193 Å². The molecule has 0 unspecified atom stereocenters. The molecule has 8 nitrogen and oxygen atoms in total. The molecular formula is C25H29N3O5. The number of hydrogen-bond donors (Lipinski definition) is 1. The van der Waals surface area contributed by atoms with Crippen LogP contribution in [0.25, 0.3) is 12.2 Å². The first-order chi connectivity index (χ1) is 15.9. The van der Waals surface area contributed by atoms with Crippen LogP contribution in [0.4, 0.5) is 5.82 Å². The van der Waals surface area contributed by atoms with Crippen molar-refractivity contribution in [3.05, 3.63) is 65.4 Å². The average molecular weight is 452 g/mol. The summed E-state index contributed by atoms with van der Waals surface area (Å²) < 4.78 is 23.4. The van der Waals surface area contributed by atoms with Crippen molar-refractivity contribution in [3.8, 4) is 17.2 Å². The van der Waals surface area contributed by atoms with E-state index in [2.05, 4.69) is 10.4 Å². The van der Waals surface area contributed by atoms with Crippen LogP contribution in [-0.4, -0.2) is 49.7 Å². The third kappa shape index (κ3) is 6.85. The van der Waals surface area contributed by atoms with Crippen molar-refractivity contribution in [2.75, 3.05) is 33.3 Å². The van der Waals surface area contributed by atoms with Crippen molar-refractivity contribution >= 4 is 23.9 Å². The minimum Gasteiger partial charge on any atom is -0.497 e. The lowest BCUT2D eigenvalue weighted by molar-refractivity contribution is 0.0917. The molecule has 0 bridgehead atoms. The van der Waals surface area contributed by atoms with E-state index < -0.39 is 0 Å². The highest BCUT2D eigenvalue weighted by molar-refractivity contribution is 6.04. The Balaban J connectivity index is 1.91. The SMILES string of the molecule is COC[C@H](C)Oc1cc(/C=C/c2cc(OC)cc(OC)c2)cc(C(=O)Nc2ccn(C)n2)c1. The molecule has 0 saturated carbocycles. The van der Waals surface area contributed by atoms with Gasteiger partial charge in [0.15, 0.2) is 5.82 Å². The molecule has 0 radical (unpaired) electrons. The molecule has 2 aromatic carbocycles. The van der Waals surface area contributed by atoms with Gasteiger partial charge in [0.2, 0.25) is 0 Å². The maximum atomic E-state index is 12.9. The van der Waals surface area contributed by atoms with Gasteiger partial charge in [-0.3, -0.25) is 9.48 Å². The van der Waals surface area contributed by atoms with Crippen molar-refractivity contribution in [2.24, 2.45) is 7.05 Å². The number of nitrogens with zero attached hydrogens (tertiary/aromatic N) is 2. The Bertz CT molecular complexity index is 1100. The van der Waals surface area contributed by atoms with E-state index in [9.17, 15) is 4.79 Å². The summed E-state index contributed by atoms with van der Waals surface area (Å²) in [6.45, 7) is 2.33. The summed E-state index contributed by atoms with van der Waals surface area (Å²) in [5.74, 6) is 2.14. The Morgan fingerprint density at radius 2 is 1.64 bits per heavy atom. The molecule has 0 fully saturated rings. The van der Waals surface area contributed by atoms with Crippen LogP contribution < -0.4 is 19.5 Å². The first-order valence-electron chi connectivity index (χ1n) is 10.4. The van der Waals surface area contributed by atoms with Gasteiger partial charge in [0, 0.05) is 38.1 Å². The number of carbonyl (C=O) groups is 1. The van der Waals surface area contributed by atoms with Crippen molar-refractivity contribution in [1.29, 1.82) is 0 Å². The van der Waals surface area contributed by atoms with Crippen LogP contribution in [0.3, 0.4) is 0 Å². The number of amides is 1. The summed E-state index contributed by atoms with van der Waals surface area (Å²) >= 11 is 0. The van der Waals surface area contributed by atoms with Gasteiger partial charge in [-0.25, -0.2) is 0 Å². The molecule has 0 aliphatic rings. The van der Waals surface area contributed by atoms with E-state index in [0.29, 0.717) is 35.2 Å². The van der Waals surface area contributed by atoms with E-state index in [-0.39, 0.29) is 12.0 Å². The first kappa shape index (κ1) is 23.9. The molecule has 1 aromatic heterocycles. The number of aryl methyl sites for hydroxylation is 1. The van der Waals surface area contributed by atoms with Crippen molar-refractivity contribution in [2.45, 2.75) is 13.0 Å². The summed E-state index contributed by atoms with van der Waals surface area (Å²) in [6.07, 6.45) is 5.41. The molecule has 1 N–H and O–H groups in total. The normalized spacial score (nSPS) is 11.9. The predicted octanol–water partition coefficient (Wildman–Crippen LogP) is 4.27. The van der Waals surface area contributed by atoms with E-state index in [1.807, 2.05) is 43.3 Å². The summed E-state index contributed by atoms with van der Waals surface area (Å²) in [6, 6.07) is 12.7. The highest BCUT2D eigenvalue weighted by atomic mass is 16.5. The Morgan fingerprint density at radius 3 is 2.21 bits per heavy atom. The Morgan fingerprint density at radius 1 is 1.00 bits per heavy atom. The van der Waals surface area contributed by atoms with Crippen molar-refractivity contribution in [1.82, 2.24) is 9.78 Å². The number of nitrogens with one attached hydrogen (secondary N) is 1. The van der Waals surface area contributed by atoms with Crippen LogP contribution in [0.5, 0.6) is 17.2 Å². The standard InChI is InChI=1S/C25H29N3O5/c1-17(16-30-3)33-23-13-18(6-7-19-11-21(31-4)15-22(12-19)32-5)10-20(14-23)25(29)26-24-8-9-28(2)27-24/h6-15,17H,16H2,1-5H3,(H,26,27,29)/b7-6+/t17-/m0/s1. The number of hydrogen-bond acceptors (Lipinski definition) is 6. The molecule has 33 heavy (non-hydrogen) atoms. The van der Waals surface area contributed by atoms with Gasteiger partial charge in [0.25, 0.3) is 5.91 Å². The molecule has 3 aromatic rings. The van der Waals surface area contributed by atoms with Crippen LogP contribution in [0.1, 0.15) is 28.4 Å². The molecule has 0 aliphatic carbocycles. The maximum Gasteiger partial charge on any atom is 0.257 e. The van der Waals surface area contributed by atoms with Crippen LogP contribution in [0.2, 0.25) is 0 Å². The molecule has 3 rings (SSSR count). The lowest BCUT2D eigenvalue weighted by Gasteiger charge is -2.15. The molecule has 1 heterocycles. The minimum absolute atomic E-state index is 0.177. The summed E-state index contributed by atoms with van der Waals surface area (Å²) in [5.41, 5.74) is 2.14. The number of benzene rings is 2. The lowest BCUT2D eigenvalue weighted by Crippen LogP contribution is -2.19. The van der Waals surface area contributed by atoms with Gasteiger partial charge in [0.05, 0.1) is 20.8 Å². The fraction of sp³-hybridized carbons (Fsp3) is 0.280. The average Bonchev–Trinajstić information content (AvgIpc) is 3.21. The zero-order valence-corrected chi connectivity index (χ0v) is 19.5. The second kappa shape index (κ2) is 11.2. The minimum atomic E-state index is -0.281. The van der Waals surface area contributed by atoms with Gasteiger partial charge in [-0.1, -0.05) is 12.2 Å². The predicted molar refractivity (Wildman–Crippen MR) is 128 cm³/mol. The zero-order valence-electron chi connectivity index (χ0n) is 19.5. The lowest BCUT2D eigenvalue weighted by atomic mass is 10.1. The van der Waals surface area contributed by atoms with Crippen LogP contribution >= 0.6 is 0 Å². The van der Waals surface area contributed by atoms with E-state index in [1.165, 1.54) is 0 Å². The molecule has 0 saturated heterocycles. The highest BCUT2D eigenvalue weighted by Crippen LogP contribution is 2.25. The molecule has 174 valence electrons. The molecule has 1 amide bonds. The molecule has 1 atom stereocenters. The van der Waals surface area contributed by atoms with E-state index in [1.54, 1.807) is 57.5 Å². The van der Waals surface area contributed by atoms with Gasteiger partial charge >= 0.3 is 0 Å². The Hall–Kier alpha value is -3.78. The molecule has 0 aliphatic heterocycles. The molecular weight excluding hydrogens is 422 g/mol. The third-order valence-corrected chi connectivity index (χ3v) is 4.73. The Kier molecular flexibility index (Phi) is 8.10. The summed E-state index contributed by atoms with van der Waals surface area (Å²) in [5, 5.41) is 7.01. The first-order valence-corrected chi connectivity index (χ1v) is 10.4. The topological polar surface area (TPSA) is 83.8 Å². The fourth-order valence-electron chi connectivity index (χ4n) is 3.21. The highest BCUT2D eigenvalue weighted by Gasteiger charge is 2.12. The summed E-state index contributed by atoms with van der Waals surface area (Å²) in [4.78, 5) is 12.9. The maximum absolute atomic E-state index is 12.9. The smallest absolute Gasteiger partial charge is 0.257 e. The van der Waals surface area contributed by atoms with Gasteiger partial charge in [0.1, 0.15) is 23.4 Å². The van der Waals surface area contributed by atoms with Gasteiger partial charge in [-0.2, -0.15) is 5.10 Å². The van der Waals surface area contributed by atoms with Gasteiger partial charge < -0.3 is 24.3 Å². The second-order valence-corrected chi connectivity index (χ2v) is 7.48. The zero-order chi connectivity index (χ0) is 23.8.